The molecule has 0 atom stereocenters. The summed E-state index contributed by atoms with van der Waals surface area (Å²) in [5.41, 5.74) is 10.7. The molecule has 10 nitrogen and oxygen atoms in total. The van der Waals surface area contributed by atoms with Crippen LogP contribution in [0, 0.1) is 0 Å². The average molecular weight is 518 g/mol. The van der Waals surface area contributed by atoms with Crippen molar-refractivity contribution in [3.63, 3.8) is 0 Å². The zero-order valence-electron chi connectivity index (χ0n) is 22.3. The highest BCUT2D eigenvalue weighted by atomic mass is 16.5. The second-order valence-corrected chi connectivity index (χ2v) is 8.36. The first kappa shape index (κ1) is 28.3. The molecule has 0 spiro atoms. The zero-order valence-corrected chi connectivity index (χ0v) is 22.3. The fraction of sp³-hybridized carbons (Fsp3) is 0.321. The van der Waals surface area contributed by atoms with Crippen LogP contribution in [0.3, 0.4) is 0 Å². The summed E-state index contributed by atoms with van der Waals surface area (Å²) in [4.78, 5) is 26.3. The van der Waals surface area contributed by atoms with Gasteiger partial charge in [-0.15, -0.1) is 0 Å². The molecule has 2 aromatic carbocycles. The Balaban J connectivity index is 0.000000307. The van der Waals surface area contributed by atoms with Gasteiger partial charge in [0, 0.05) is 38.5 Å². The molecular weight excluding hydrogens is 482 g/mol. The number of anilines is 3. The molecule has 0 aliphatic carbocycles. The standard InChI is InChI=1S/C18H19N7O2.C8H10O.C2H6/c1-3-14-22-17(27-24-14)13-8-20-18(23-16(13)19)21-12-5-4-10-7-15(26)25(2)9-11(10)6-12;9-7-6-8-4-2-1-3-5-8;1-2/h4-6,8H,3,7,9H2,1-2H3,(H3,19,20,21,23);1-5,9H,6-7H2;1-2H3. The quantitative estimate of drug-likeness (QED) is 0.343. The number of nitrogens with two attached hydrogens (primary N) is 1. The Morgan fingerprint density at radius 2 is 1.87 bits per heavy atom. The molecule has 0 radical (unpaired) electrons. The van der Waals surface area contributed by atoms with E-state index in [9.17, 15) is 4.79 Å². The number of aliphatic hydroxyl groups is 1. The van der Waals surface area contributed by atoms with E-state index in [2.05, 4.69) is 25.4 Å². The minimum absolute atomic E-state index is 0.127. The number of fused-ring (bicyclic) bond motifs is 1. The number of hydrogen-bond acceptors (Lipinski definition) is 9. The number of aliphatic hydroxyl groups excluding tert-OH is 1. The molecule has 4 aromatic rings. The number of aromatic nitrogens is 4. The van der Waals surface area contributed by atoms with Crippen LogP contribution in [0.4, 0.5) is 17.5 Å². The largest absolute Gasteiger partial charge is 0.396 e. The van der Waals surface area contributed by atoms with Gasteiger partial charge in [0.05, 0.1) is 6.42 Å². The van der Waals surface area contributed by atoms with Gasteiger partial charge in [0.15, 0.2) is 5.82 Å². The zero-order chi connectivity index (χ0) is 27.5. The third-order valence-corrected chi connectivity index (χ3v) is 5.71. The highest BCUT2D eigenvalue weighted by molar-refractivity contribution is 5.81. The first-order valence-electron chi connectivity index (χ1n) is 12.7. The van der Waals surface area contributed by atoms with Crippen LogP contribution in [-0.2, 0) is 30.6 Å². The topological polar surface area (TPSA) is 143 Å². The van der Waals surface area contributed by atoms with Crippen molar-refractivity contribution in [2.45, 2.75) is 46.6 Å². The average Bonchev–Trinajstić information content (AvgIpc) is 3.41. The van der Waals surface area contributed by atoms with E-state index in [0.717, 1.165) is 23.2 Å². The third-order valence-electron chi connectivity index (χ3n) is 5.71. The number of nitrogens with one attached hydrogen (secondary N) is 1. The Morgan fingerprint density at radius 3 is 2.53 bits per heavy atom. The third kappa shape index (κ3) is 7.36. The Kier molecular flexibility index (Phi) is 10.3. The number of carbonyl (C=O) groups is 1. The molecule has 0 unspecified atom stereocenters. The van der Waals surface area contributed by atoms with Crippen molar-refractivity contribution in [2.75, 3.05) is 24.7 Å². The normalized spacial score (nSPS) is 12.0. The van der Waals surface area contributed by atoms with Crippen molar-refractivity contribution in [3.05, 3.63) is 77.2 Å². The van der Waals surface area contributed by atoms with E-state index in [0.29, 0.717) is 42.6 Å². The summed E-state index contributed by atoms with van der Waals surface area (Å²) < 4.78 is 5.19. The Bertz CT molecular complexity index is 1330. The predicted octanol–water partition coefficient (Wildman–Crippen LogP) is 4.18. The van der Waals surface area contributed by atoms with Crippen molar-refractivity contribution in [1.29, 1.82) is 0 Å². The molecule has 5 rings (SSSR count). The lowest BCUT2D eigenvalue weighted by Crippen LogP contribution is -2.32. The van der Waals surface area contributed by atoms with E-state index in [1.807, 2.05) is 69.3 Å². The fourth-order valence-corrected chi connectivity index (χ4v) is 3.69. The van der Waals surface area contributed by atoms with Crippen molar-refractivity contribution in [2.24, 2.45) is 0 Å². The van der Waals surface area contributed by atoms with Gasteiger partial charge in [0.1, 0.15) is 11.4 Å². The number of aryl methyl sites for hydroxylation is 1. The lowest BCUT2D eigenvalue weighted by Gasteiger charge is -2.25. The van der Waals surface area contributed by atoms with Gasteiger partial charge in [0.25, 0.3) is 5.89 Å². The lowest BCUT2D eigenvalue weighted by molar-refractivity contribution is -0.130. The van der Waals surface area contributed by atoms with Crippen LogP contribution in [0.2, 0.25) is 0 Å². The first-order valence-corrected chi connectivity index (χ1v) is 12.7. The summed E-state index contributed by atoms with van der Waals surface area (Å²) in [6.07, 6.45) is 3.42. The van der Waals surface area contributed by atoms with Gasteiger partial charge >= 0.3 is 0 Å². The van der Waals surface area contributed by atoms with Gasteiger partial charge in [-0.1, -0.05) is 62.3 Å². The monoisotopic (exact) mass is 517 g/mol. The number of nitrogens with zero attached hydrogens (tertiary/aromatic N) is 5. The van der Waals surface area contributed by atoms with E-state index < -0.39 is 0 Å². The van der Waals surface area contributed by atoms with Crippen LogP contribution in [-0.4, -0.2) is 49.7 Å². The summed E-state index contributed by atoms with van der Waals surface area (Å²) in [5.74, 6) is 1.65. The number of carbonyl (C=O) groups excluding carboxylic acids is 1. The van der Waals surface area contributed by atoms with E-state index in [-0.39, 0.29) is 18.3 Å². The molecule has 0 fully saturated rings. The van der Waals surface area contributed by atoms with Crippen LogP contribution in [0.1, 0.15) is 43.3 Å². The van der Waals surface area contributed by atoms with Gasteiger partial charge in [-0.25, -0.2) is 4.98 Å². The van der Waals surface area contributed by atoms with Crippen molar-refractivity contribution >= 4 is 23.4 Å². The van der Waals surface area contributed by atoms with Crippen LogP contribution in [0.15, 0.2) is 59.3 Å². The maximum atomic E-state index is 11.8. The van der Waals surface area contributed by atoms with E-state index >= 15 is 0 Å². The summed E-state index contributed by atoms with van der Waals surface area (Å²) in [6, 6.07) is 15.8. The van der Waals surface area contributed by atoms with Crippen molar-refractivity contribution < 1.29 is 14.4 Å². The number of hydrogen-bond donors (Lipinski definition) is 3. The van der Waals surface area contributed by atoms with Gasteiger partial charge in [0.2, 0.25) is 11.9 Å². The lowest BCUT2D eigenvalue weighted by atomic mass is 9.99. The van der Waals surface area contributed by atoms with Crippen LogP contribution >= 0.6 is 0 Å². The SMILES string of the molecule is CC.CCc1noc(-c2cnc(Nc3ccc4c(c3)CN(C)C(=O)C4)nc2N)n1.OCCc1ccccc1. The summed E-state index contributed by atoms with van der Waals surface area (Å²) in [5, 5.41) is 15.5. The van der Waals surface area contributed by atoms with Gasteiger partial charge in [-0.2, -0.15) is 9.97 Å². The summed E-state index contributed by atoms with van der Waals surface area (Å²) in [6.45, 7) is 6.76. The number of amides is 1. The summed E-state index contributed by atoms with van der Waals surface area (Å²) in [7, 11) is 1.80. The molecule has 1 amide bonds. The van der Waals surface area contributed by atoms with Gasteiger partial charge in [-0.05, 0) is 35.2 Å². The number of rotatable bonds is 6. The molecule has 0 saturated carbocycles. The smallest absolute Gasteiger partial charge is 0.263 e. The molecule has 1 aliphatic rings. The second-order valence-electron chi connectivity index (χ2n) is 8.36. The van der Waals surface area contributed by atoms with E-state index in [4.69, 9.17) is 15.4 Å². The van der Waals surface area contributed by atoms with Crippen molar-refractivity contribution in [3.8, 4) is 11.5 Å². The minimum Gasteiger partial charge on any atom is -0.396 e. The van der Waals surface area contributed by atoms with E-state index in [1.54, 1.807) is 18.1 Å². The molecule has 38 heavy (non-hydrogen) atoms. The molecular formula is C28H35N7O3. The highest BCUT2D eigenvalue weighted by Crippen LogP contribution is 2.26. The maximum absolute atomic E-state index is 11.8. The van der Waals surface area contributed by atoms with Gasteiger partial charge in [-0.3, -0.25) is 4.79 Å². The molecule has 1 aliphatic heterocycles. The molecule has 10 heteroatoms. The Labute approximate surface area is 222 Å². The molecule has 200 valence electrons. The van der Waals surface area contributed by atoms with Crippen LogP contribution < -0.4 is 11.1 Å². The highest BCUT2D eigenvalue weighted by Gasteiger charge is 2.20. The van der Waals surface area contributed by atoms with Crippen LogP contribution in [0.25, 0.3) is 11.5 Å². The number of benzene rings is 2. The van der Waals surface area contributed by atoms with E-state index in [1.165, 1.54) is 5.56 Å². The number of nitrogen functional groups attached to an aromatic ring is 1. The number of likely N-dealkylation sites (N-methyl/N-ethyl adjacent to an activating group) is 1. The van der Waals surface area contributed by atoms with Crippen molar-refractivity contribution in [1.82, 2.24) is 25.0 Å². The molecule has 3 heterocycles. The Morgan fingerprint density at radius 1 is 1.11 bits per heavy atom. The molecule has 0 bridgehead atoms. The maximum Gasteiger partial charge on any atom is 0.263 e. The molecule has 0 saturated heterocycles. The first-order chi connectivity index (χ1) is 18.5. The predicted molar refractivity (Wildman–Crippen MR) is 148 cm³/mol. The summed E-state index contributed by atoms with van der Waals surface area (Å²) >= 11 is 0. The molecule has 4 N–H and O–H groups in total. The fourth-order valence-electron chi connectivity index (χ4n) is 3.69. The second kappa shape index (κ2) is 13.8. The minimum atomic E-state index is 0.127. The molecule has 2 aromatic heterocycles. The van der Waals surface area contributed by atoms with Crippen LogP contribution in [0.5, 0.6) is 0 Å². The van der Waals surface area contributed by atoms with Gasteiger partial charge < -0.3 is 25.6 Å². The Hall–Kier alpha value is -4.31.